The fourth-order valence-electron chi connectivity index (χ4n) is 4.35. The van der Waals surface area contributed by atoms with Gasteiger partial charge in [-0.3, -0.25) is 14.4 Å². The molecule has 0 fully saturated rings. The Kier molecular flexibility index (Phi) is 9.46. The number of ether oxygens (including phenoxy) is 2. The third-order valence-corrected chi connectivity index (χ3v) is 6.30. The lowest BCUT2D eigenvalue weighted by Crippen LogP contribution is -2.29. The lowest BCUT2D eigenvalue weighted by atomic mass is 9.93. The number of hydrogen-bond acceptors (Lipinski definition) is 6. The Morgan fingerprint density at radius 2 is 1.77 bits per heavy atom. The van der Waals surface area contributed by atoms with Gasteiger partial charge >= 0.3 is 17.9 Å². The molecular formula is C27H36N2O6. The van der Waals surface area contributed by atoms with E-state index >= 15 is 0 Å². The maximum atomic E-state index is 12.3. The topological polar surface area (TPSA) is 108 Å². The molecule has 0 radical (unpaired) electrons. The molecule has 1 N–H and O–H groups in total. The van der Waals surface area contributed by atoms with Crippen molar-refractivity contribution in [3.05, 3.63) is 47.5 Å². The molecule has 1 aromatic carbocycles. The molecule has 0 spiro atoms. The maximum Gasteiger partial charge on any atom is 0.308 e. The zero-order valence-corrected chi connectivity index (χ0v) is 20.9. The fourth-order valence-corrected chi connectivity index (χ4v) is 4.35. The number of aryl methyl sites for hydroxylation is 1. The number of aromatic nitrogens is 2. The van der Waals surface area contributed by atoms with E-state index in [9.17, 15) is 19.5 Å². The molecule has 0 saturated heterocycles. The predicted octanol–water partition coefficient (Wildman–Crippen LogP) is 4.64. The summed E-state index contributed by atoms with van der Waals surface area (Å²) in [4.78, 5) is 40.5. The van der Waals surface area contributed by atoms with Gasteiger partial charge in [0.05, 0.1) is 17.9 Å². The highest BCUT2D eigenvalue weighted by Gasteiger charge is 2.25. The Balaban J connectivity index is 1.49. The number of esters is 2. The summed E-state index contributed by atoms with van der Waals surface area (Å²) in [5.41, 5.74) is 4.29. The van der Waals surface area contributed by atoms with Gasteiger partial charge in [0.1, 0.15) is 0 Å². The normalized spacial score (nSPS) is 14.1. The number of benzene rings is 1. The number of carboxylic acids is 1. The van der Waals surface area contributed by atoms with Gasteiger partial charge < -0.3 is 19.1 Å². The molecule has 35 heavy (non-hydrogen) atoms. The lowest BCUT2D eigenvalue weighted by molar-refractivity contribution is -0.195. The second-order valence-corrected chi connectivity index (χ2v) is 9.46. The summed E-state index contributed by atoms with van der Waals surface area (Å²) in [6.45, 7) is 5.52. The van der Waals surface area contributed by atoms with Crippen LogP contribution in [-0.2, 0) is 43.1 Å². The van der Waals surface area contributed by atoms with Crippen molar-refractivity contribution < 1.29 is 29.0 Å². The molecule has 1 aliphatic heterocycles. The monoisotopic (exact) mass is 484 g/mol. The molecule has 8 heteroatoms. The van der Waals surface area contributed by atoms with Crippen LogP contribution in [0.3, 0.4) is 0 Å². The summed E-state index contributed by atoms with van der Waals surface area (Å²) in [7, 11) is 0. The van der Waals surface area contributed by atoms with E-state index in [0.717, 1.165) is 29.9 Å². The number of carbonyl (C=O) groups excluding carboxylic acids is 2. The molecule has 0 aliphatic carbocycles. The number of carboxylic acid groups (broad SMARTS) is 1. The highest BCUT2D eigenvalue weighted by Crippen LogP contribution is 2.28. The van der Waals surface area contributed by atoms with Crippen LogP contribution in [0.2, 0.25) is 0 Å². The summed E-state index contributed by atoms with van der Waals surface area (Å²) in [5, 5.41) is 9.78. The standard InChI is InChI=1S/C27H36N2O6/c1-4-9-24(30)34-27(18(2)3)35-25(31)13-8-6-11-20(26(32)33)16-21-23-15-14-19-10-5-7-12-22(19)29(23)17-28-21/h5,7,10,12,17-18,20,27H,4,6,8-9,11,13-16H2,1-3H3,(H,32,33)/t20-,27?/m0/s1. The van der Waals surface area contributed by atoms with Crippen LogP contribution >= 0.6 is 0 Å². The highest BCUT2D eigenvalue weighted by molar-refractivity contribution is 5.71. The molecule has 1 aliphatic rings. The van der Waals surface area contributed by atoms with Gasteiger partial charge in [-0.25, -0.2) is 4.98 Å². The van der Waals surface area contributed by atoms with Crippen molar-refractivity contribution in [2.75, 3.05) is 0 Å². The average molecular weight is 485 g/mol. The van der Waals surface area contributed by atoms with Crippen molar-refractivity contribution in [2.24, 2.45) is 11.8 Å². The zero-order valence-electron chi connectivity index (χ0n) is 20.9. The Morgan fingerprint density at radius 3 is 2.46 bits per heavy atom. The lowest BCUT2D eigenvalue weighted by Gasteiger charge is -2.21. The van der Waals surface area contributed by atoms with Crippen molar-refractivity contribution in [1.82, 2.24) is 9.55 Å². The van der Waals surface area contributed by atoms with E-state index in [1.165, 1.54) is 5.56 Å². The van der Waals surface area contributed by atoms with Crippen LogP contribution in [0.5, 0.6) is 0 Å². The molecule has 1 unspecified atom stereocenters. The summed E-state index contributed by atoms with van der Waals surface area (Å²) in [5.74, 6) is -2.40. The number of rotatable bonds is 13. The van der Waals surface area contributed by atoms with Crippen LogP contribution in [-0.4, -0.2) is 38.9 Å². The third kappa shape index (κ3) is 7.16. The van der Waals surface area contributed by atoms with E-state index in [-0.39, 0.29) is 24.7 Å². The second-order valence-electron chi connectivity index (χ2n) is 9.46. The van der Waals surface area contributed by atoms with E-state index < -0.39 is 24.1 Å². The maximum absolute atomic E-state index is 12.3. The third-order valence-electron chi connectivity index (χ3n) is 6.30. The SMILES string of the molecule is CCCC(=O)OC(OC(=O)CCCC[C@@H](Cc1ncn2c1CCc1ccccc1-2)C(=O)O)C(C)C. The second kappa shape index (κ2) is 12.5. The average Bonchev–Trinajstić information content (AvgIpc) is 3.23. The van der Waals surface area contributed by atoms with Crippen molar-refractivity contribution in [3.63, 3.8) is 0 Å². The molecule has 0 saturated carbocycles. The molecule has 2 aromatic rings. The number of hydrogen-bond donors (Lipinski definition) is 1. The predicted molar refractivity (Wildman–Crippen MR) is 130 cm³/mol. The number of aliphatic carboxylic acids is 1. The summed E-state index contributed by atoms with van der Waals surface area (Å²) >= 11 is 0. The van der Waals surface area contributed by atoms with Gasteiger partial charge in [0.25, 0.3) is 0 Å². The first-order chi connectivity index (χ1) is 16.8. The van der Waals surface area contributed by atoms with Crippen LogP contribution in [0, 0.1) is 11.8 Å². The smallest absolute Gasteiger partial charge is 0.308 e. The minimum absolute atomic E-state index is 0.149. The fraction of sp³-hybridized carbons (Fsp3) is 0.556. The summed E-state index contributed by atoms with van der Waals surface area (Å²) in [6, 6.07) is 8.20. The minimum Gasteiger partial charge on any atom is -0.481 e. The molecular weight excluding hydrogens is 448 g/mol. The van der Waals surface area contributed by atoms with Crippen LogP contribution in [0.1, 0.15) is 76.2 Å². The van der Waals surface area contributed by atoms with E-state index in [1.54, 1.807) is 6.33 Å². The number of carbonyl (C=O) groups is 3. The van der Waals surface area contributed by atoms with Crippen LogP contribution in [0.15, 0.2) is 30.6 Å². The first-order valence-corrected chi connectivity index (χ1v) is 12.5. The Bertz CT molecular complexity index is 1030. The van der Waals surface area contributed by atoms with Crippen LogP contribution in [0.4, 0.5) is 0 Å². The van der Waals surface area contributed by atoms with E-state index in [2.05, 4.69) is 21.7 Å². The quantitative estimate of drug-likeness (QED) is 0.251. The van der Waals surface area contributed by atoms with Gasteiger partial charge in [-0.15, -0.1) is 0 Å². The first kappa shape index (κ1) is 26.4. The highest BCUT2D eigenvalue weighted by atomic mass is 16.7. The Hall–Kier alpha value is -3.16. The number of unbranched alkanes of at least 4 members (excludes halogenated alkanes) is 1. The van der Waals surface area contributed by atoms with E-state index in [1.807, 2.05) is 32.9 Å². The Morgan fingerprint density at radius 1 is 1.06 bits per heavy atom. The van der Waals surface area contributed by atoms with Gasteiger partial charge in [0, 0.05) is 36.6 Å². The number of imidazole rings is 1. The van der Waals surface area contributed by atoms with Crippen molar-refractivity contribution >= 4 is 17.9 Å². The number of nitrogens with zero attached hydrogens (tertiary/aromatic N) is 2. The van der Waals surface area contributed by atoms with Gasteiger partial charge in [-0.2, -0.15) is 0 Å². The van der Waals surface area contributed by atoms with Crippen molar-refractivity contribution in [3.8, 4) is 5.69 Å². The molecule has 190 valence electrons. The number of para-hydroxylation sites is 1. The summed E-state index contributed by atoms with van der Waals surface area (Å²) < 4.78 is 12.7. The zero-order chi connectivity index (χ0) is 25.4. The van der Waals surface area contributed by atoms with Crippen LogP contribution in [0.25, 0.3) is 5.69 Å². The molecule has 3 rings (SSSR count). The van der Waals surface area contributed by atoms with Gasteiger partial charge in [0.15, 0.2) is 0 Å². The van der Waals surface area contributed by atoms with E-state index in [0.29, 0.717) is 32.1 Å². The molecule has 8 nitrogen and oxygen atoms in total. The van der Waals surface area contributed by atoms with E-state index in [4.69, 9.17) is 9.47 Å². The van der Waals surface area contributed by atoms with Crippen molar-refractivity contribution in [1.29, 1.82) is 0 Å². The largest absolute Gasteiger partial charge is 0.481 e. The van der Waals surface area contributed by atoms with Gasteiger partial charge in [-0.05, 0) is 43.7 Å². The van der Waals surface area contributed by atoms with Crippen LogP contribution < -0.4 is 0 Å². The van der Waals surface area contributed by atoms with Gasteiger partial charge in [0.2, 0.25) is 6.29 Å². The molecule has 1 aromatic heterocycles. The molecule has 0 bridgehead atoms. The van der Waals surface area contributed by atoms with Crippen molar-refractivity contribution in [2.45, 2.75) is 84.8 Å². The first-order valence-electron chi connectivity index (χ1n) is 12.5. The number of fused-ring (bicyclic) bond motifs is 3. The Labute approximate surface area is 206 Å². The molecule has 2 heterocycles. The van der Waals surface area contributed by atoms with Gasteiger partial charge in [-0.1, -0.05) is 45.4 Å². The summed E-state index contributed by atoms with van der Waals surface area (Å²) in [6.07, 6.45) is 5.64. The minimum atomic E-state index is -0.898. The molecule has 0 amide bonds. The molecule has 2 atom stereocenters.